The molecule has 2 aliphatic rings. The Morgan fingerprint density at radius 2 is 2.20 bits per heavy atom. The Morgan fingerprint density at radius 3 is 2.84 bits per heavy atom. The number of carbonyl (C=O) groups is 1. The van der Waals surface area contributed by atoms with Crippen LogP contribution in [0, 0.1) is 0 Å². The number of hydrogen-bond donors (Lipinski definition) is 1. The van der Waals surface area contributed by atoms with Crippen molar-refractivity contribution in [2.75, 3.05) is 17.3 Å². The van der Waals surface area contributed by atoms with Gasteiger partial charge >= 0.3 is 0 Å². The standard InChI is InChI=1S/C15H18N4O3S3/c20-13(16-10-5-7-25(21,22)9-10)8-24-15-18-17-14(12-2-1-6-23-12)19(15)11-3-4-11/h1-2,6,10-11H,3-5,7-9H2,(H,16,20)/t10-/m1/s1. The minimum Gasteiger partial charge on any atom is -0.352 e. The molecule has 7 nitrogen and oxygen atoms in total. The molecule has 3 heterocycles. The number of nitrogens with zero attached hydrogens (tertiary/aromatic N) is 3. The largest absolute Gasteiger partial charge is 0.352 e. The van der Waals surface area contributed by atoms with Gasteiger partial charge in [-0.1, -0.05) is 17.8 Å². The number of thioether (sulfide) groups is 1. The summed E-state index contributed by atoms with van der Waals surface area (Å²) in [5, 5.41) is 14.1. The second-order valence-electron chi connectivity index (χ2n) is 6.34. The first-order valence-electron chi connectivity index (χ1n) is 8.13. The molecule has 1 N–H and O–H groups in total. The molecule has 0 unspecified atom stereocenters. The van der Waals surface area contributed by atoms with Crippen LogP contribution in [0.5, 0.6) is 0 Å². The lowest BCUT2D eigenvalue weighted by Gasteiger charge is -2.11. The summed E-state index contributed by atoms with van der Waals surface area (Å²) in [5.41, 5.74) is 0. The van der Waals surface area contributed by atoms with Crippen LogP contribution in [0.15, 0.2) is 22.7 Å². The molecule has 0 bridgehead atoms. The highest BCUT2D eigenvalue weighted by Crippen LogP contribution is 2.41. The minimum absolute atomic E-state index is 0.0458. The zero-order valence-electron chi connectivity index (χ0n) is 13.4. The Morgan fingerprint density at radius 1 is 1.36 bits per heavy atom. The van der Waals surface area contributed by atoms with E-state index in [4.69, 9.17) is 0 Å². The zero-order chi connectivity index (χ0) is 17.4. The molecule has 25 heavy (non-hydrogen) atoms. The molecule has 1 saturated heterocycles. The lowest BCUT2D eigenvalue weighted by Crippen LogP contribution is -2.36. The van der Waals surface area contributed by atoms with Gasteiger partial charge in [-0.25, -0.2) is 8.42 Å². The van der Waals surface area contributed by atoms with Crippen molar-refractivity contribution in [3.8, 4) is 10.7 Å². The first kappa shape index (κ1) is 17.0. The zero-order valence-corrected chi connectivity index (χ0v) is 15.9. The van der Waals surface area contributed by atoms with Gasteiger partial charge in [0.2, 0.25) is 5.91 Å². The molecule has 1 amide bonds. The molecule has 0 aromatic carbocycles. The van der Waals surface area contributed by atoms with Gasteiger partial charge in [0.25, 0.3) is 0 Å². The maximum absolute atomic E-state index is 12.1. The van der Waals surface area contributed by atoms with Crippen LogP contribution in [0.4, 0.5) is 0 Å². The number of thiophene rings is 1. The molecular weight excluding hydrogens is 380 g/mol. The van der Waals surface area contributed by atoms with E-state index in [9.17, 15) is 13.2 Å². The summed E-state index contributed by atoms with van der Waals surface area (Å²) in [6.07, 6.45) is 2.71. The van der Waals surface area contributed by atoms with Gasteiger partial charge < -0.3 is 5.32 Å². The van der Waals surface area contributed by atoms with Crippen LogP contribution in [0.25, 0.3) is 10.7 Å². The van der Waals surface area contributed by atoms with Gasteiger partial charge in [-0.2, -0.15) is 0 Å². The molecular formula is C15H18N4O3S3. The van der Waals surface area contributed by atoms with Crippen molar-refractivity contribution in [2.24, 2.45) is 0 Å². The molecule has 2 fully saturated rings. The number of hydrogen-bond acceptors (Lipinski definition) is 7. The van der Waals surface area contributed by atoms with Crippen LogP contribution >= 0.6 is 23.1 Å². The van der Waals surface area contributed by atoms with E-state index in [1.165, 1.54) is 11.8 Å². The molecule has 1 atom stereocenters. The topological polar surface area (TPSA) is 93.9 Å². The first-order valence-corrected chi connectivity index (χ1v) is 11.8. The van der Waals surface area contributed by atoms with Crippen molar-refractivity contribution in [3.05, 3.63) is 17.5 Å². The molecule has 2 aromatic rings. The summed E-state index contributed by atoms with van der Waals surface area (Å²) in [5.74, 6) is 1.12. The summed E-state index contributed by atoms with van der Waals surface area (Å²) in [7, 11) is -2.99. The van der Waals surface area contributed by atoms with E-state index in [1.807, 2.05) is 17.5 Å². The molecule has 134 valence electrons. The maximum atomic E-state index is 12.1. The molecule has 0 radical (unpaired) electrons. The van der Waals surface area contributed by atoms with Gasteiger partial charge in [0.15, 0.2) is 20.8 Å². The van der Waals surface area contributed by atoms with Gasteiger partial charge in [-0.3, -0.25) is 9.36 Å². The molecule has 10 heteroatoms. The van der Waals surface area contributed by atoms with Crippen LogP contribution in [0.2, 0.25) is 0 Å². The van der Waals surface area contributed by atoms with Crippen LogP contribution in [0.1, 0.15) is 25.3 Å². The molecule has 2 aromatic heterocycles. The van der Waals surface area contributed by atoms with Crippen molar-refractivity contribution >= 4 is 38.8 Å². The SMILES string of the molecule is O=C(CSc1nnc(-c2cccs2)n1C1CC1)N[C@@H]1CCS(=O)(=O)C1. The highest BCUT2D eigenvalue weighted by molar-refractivity contribution is 7.99. The summed E-state index contributed by atoms with van der Waals surface area (Å²) in [6, 6.07) is 4.16. The Hall–Kier alpha value is -1.39. The van der Waals surface area contributed by atoms with Crippen LogP contribution in [-0.4, -0.2) is 52.4 Å². The average Bonchev–Trinajstić information content (AvgIpc) is 2.98. The maximum Gasteiger partial charge on any atom is 0.230 e. The van der Waals surface area contributed by atoms with E-state index in [0.29, 0.717) is 12.5 Å². The lowest BCUT2D eigenvalue weighted by atomic mass is 10.3. The van der Waals surface area contributed by atoms with Crippen LogP contribution in [0.3, 0.4) is 0 Å². The Bertz CT molecular complexity index is 872. The van der Waals surface area contributed by atoms with E-state index in [0.717, 1.165) is 28.7 Å². The third-order valence-corrected chi connectivity index (χ3v) is 7.82. The highest BCUT2D eigenvalue weighted by Gasteiger charge is 2.31. The number of carbonyl (C=O) groups excluding carboxylic acids is 1. The predicted molar refractivity (Wildman–Crippen MR) is 97.5 cm³/mol. The van der Waals surface area contributed by atoms with Gasteiger partial charge in [0.1, 0.15) is 0 Å². The fraction of sp³-hybridized carbons (Fsp3) is 0.533. The average molecular weight is 399 g/mol. The number of sulfone groups is 1. The van der Waals surface area contributed by atoms with Gasteiger partial charge in [0.05, 0.1) is 22.1 Å². The van der Waals surface area contributed by atoms with Crippen molar-refractivity contribution in [3.63, 3.8) is 0 Å². The van der Waals surface area contributed by atoms with Crippen molar-refractivity contribution in [2.45, 2.75) is 36.5 Å². The minimum atomic E-state index is -2.99. The Kier molecular flexibility index (Phi) is 4.59. The summed E-state index contributed by atoms with van der Waals surface area (Å²) in [4.78, 5) is 13.2. The van der Waals surface area contributed by atoms with E-state index >= 15 is 0 Å². The fourth-order valence-electron chi connectivity index (χ4n) is 2.92. The number of rotatable bonds is 6. The van der Waals surface area contributed by atoms with E-state index in [2.05, 4.69) is 20.1 Å². The second kappa shape index (κ2) is 6.73. The number of amides is 1. The third-order valence-electron chi connectivity index (χ3n) is 4.25. The molecule has 0 spiro atoms. The van der Waals surface area contributed by atoms with Crippen molar-refractivity contribution < 1.29 is 13.2 Å². The van der Waals surface area contributed by atoms with Crippen LogP contribution < -0.4 is 5.32 Å². The molecule has 1 aliphatic heterocycles. The Balaban J connectivity index is 1.41. The summed E-state index contributed by atoms with van der Waals surface area (Å²) in [6.45, 7) is 0. The van der Waals surface area contributed by atoms with E-state index < -0.39 is 9.84 Å². The van der Waals surface area contributed by atoms with Gasteiger partial charge in [-0.05, 0) is 30.7 Å². The van der Waals surface area contributed by atoms with E-state index in [-0.39, 0.29) is 29.2 Å². The fourth-order valence-corrected chi connectivity index (χ4v) is 6.11. The highest BCUT2D eigenvalue weighted by atomic mass is 32.2. The van der Waals surface area contributed by atoms with Gasteiger partial charge in [0, 0.05) is 12.1 Å². The Labute approximate surface area is 154 Å². The monoisotopic (exact) mass is 398 g/mol. The third kappa shape index (κ3) is 3.90. The number of nitrogens with one attached hydrogen (secondary N) is 1. The molecule has 1 aliphatic carbocycles. The quantitative estimate of drug-likeness (QED) is 0.745. The predicted octanol–water partition coefficient (Wildman–Crippen LogP) is 1.74. The molecule has 4 rings (SSSR count). The number of aromatic nitrogens is 3. The molecule has 1 saturated carbocycles. The first-order chi connectivity index (χ1) is 12.0. The lowest BCUT2D eigenvalue weighted by molar-refractivity contribution is -0.119. The van der Waals surface area contributed by atoms with Crippen molar-refractivity contribution in [1.29, 1.82) is 0 Å². The smallest absolute Gasteiger partial charge is 0.230 e. The second-order valence-corrected chi connectivity index (χ2v) is 10.5. The summed E-state index contributed by atoms with van der Waals surface area (Å²) >= 11 is 2.98. The van der Waals surface area contributed by atoms with Crippen LogP contribution in [-0.2, 0) is 14.6 Å². The van der Waals surface area contributed by atoms with E-state index in [1.54, 1.807) is 11.3 Å². The van der Waals surface area contributed by atoms with Gasteiger partial charge in [-0.15, -0.1) is 21.5 Å². The van der Waals surface area contributed by atoms with Crippen molar-refractivity contribution in [1.82, 2.24) is 20.1 Å². The normalized spacial score (nSPS) is 22.2. The summed E-state index contributed by atoms with van der Waals surface area (Å²) < 4.78 is 25.1.